The first kappa shape index (κ1) is 12.6. The van der Waals surface area contributed by atoms with E-state index in [1.54, 1.807) is 30.3 Å². The van der Waals surface area contributed by atoms with Gasteiger partial charge in [0, 0.05) is 0 Å². The van der Waals surface area contributed by atoms with Crippen molar-refractivity contribution < 1.29 is 18.3 Å². The average Bonchev–Trinajstić information content (AvgIpc) is 2.38. The van der Waals surface area contributed by atoms with Crippen LogP contribution in [0.15, 0.2) is 48.5 Å². The smallest absolute Gasteiger partial charge is 0.392 e. The van der Waals surface area contributed by atoms with Gasteiger partial charge >= 0.3 is 6.18 Å². The van der Waals surface area contributed by atoms with E-state index in [0.717, 1.165) is 12.1 Å². The Hall–Kier alpha value is -1.81. The number of aliphatic hydroxyl groups excluding tert-OH is 1. The SMILES string of the molecule is OCc1ccccc1-c1cccc(C(F)(F)F)c1. The third-order valence-corrected chi connectivity index (χ3v) is 2.69. The van der Waals surface area contributed by atoms with Crippen LogP contribution in [0.25, 0.3) is 11.1 Å². The molecule has 0 fully saturated rings. The first-order valence-electron chi connectivity index (χ1n) is 5.39. The summed E-state index contributed by atoms with van der Waals surface area (Å²) in [5.41, 5.74) is 0.991. The lowest BCUT2D eigenvalue weighted by molar-refractivity contribution is -0.137. The molecule has 0 saturated heterocycles. The second kappa shape index (κ2) is 4.82. The van der Waals surface area contributed by atoms with Gasteiger partial charge < -0.3 is 5.11 Å². The van der Waals surface area contributed by atoms with Crippen LogP contribution >= 0.6 is 0 Å². The van der Waals surface area contributed by atoms with Crippen molar-refractivity contribution in [2.24, 2.45) is 0 Å². The largest absolute Gasteiger partial charge is 0.416 e. The van der Waals surface area contributed by atoms with E-state index in [9.17, 15) is 18.3 Å². The number of alkyl halides is 3. The summed E-state index contributed by atoms with van der Waals surface area (Å²) < 4.78 is 37.8. The summed E-state index contributed by atoms with van der Waals surface area (Å²) in [4.78, 5) is 0. The van der Waals surface area contributed by atoms with Crippen molar-refractivity contribution >= 4 is 0 Å². The number of hydrogen-bond acceptors (Lipinski definition) is 1. The zero-order valence-electron chi connectivity index (χ0n) is 9.41. The van der Waals surface area contributed by atoms with Crippen LogP contribution in [0.2, 0.25) is 0 Å². The fourth-order valence-electron chi connectivity index (χ4n) is 1.80. The van der Waals surface area contributed by atoms with Gasteiger partial charge in [-0.05, 0) is 28.8 Å². The van der Waals surface area contributed by atoms with Gasteiger partial charge in [0.25, 0.3) is 0 Å². The van der Waals surface area contributed by atoms with Gasteiger partial charge in [-0.2, -0.15) is 13.2 Å². The van der Waals surface area contributed by atoms with Crippen LogP contribution in [0.3, 0.4) is 0 Å². The Labute approximate surface area is 103 Å². The number of rotatable bonds is 2. The quantitative estimate of drug-likeness (QED) is 0.860. The average molecular weight is 252 g/mol. The minimum atomic E-state index is -4.36. The molecule has 0 aliphatic rings. The van der Waals surface area contributed by atoms with Crippen molar-refractivity contribution in [1.82, 2.24) is 0 Å². The van der Waals surface area contributed by atoms with Gasteiger partial charge in [0.2, 0.25) is 0 Å². The third kappa shape index (κ3) is 2.54. The summed E-state index contributed by atoms with van der Waals surface area (Å²) in [5, 5.41) is 9.19. The molecule has 0 amide bonds. The highest BCUT2D eigenvalue weighted by molar-refractivity contribution is 5.68. The molecule has 0 saturated carbocycles. The number of aliphatic hydroxyl groups is 1. The predicted octanol–water partition coefficient (Wildman–Crippen LogP) is 3.86. The maximum absolute atomic E-state index is 12.6. The zero-order valence-corrected chi connectivity index (χ0v) is 9.41. The maximum Gasteiger partial charge on any atom is 0.416 e. The normalized spacial score (nSPS) is 11.6. The van der Waals surface area contributed by atoms with Crippen LogP contribution in [-0.2, 0) is 12.8 Å². The first-order chi connectivity index (χ1) is 8.52. The van der Waals surface area contributed by atoms with E-state index in [1.165, 1.54) is 6.07 Å². The molecule has 4 heteroatoms. The Balaban J connectivity index is 2.51. The summed E-state index contributed by atoms with van der Waals surface area (Å²) in [5.74, 6) is 0. The van der Waals surface area contributed by atoms with Gasteiger partial charge in [0.1, 0.15) is 0 Å². The van der Waals surface area contributed by atoms with Crippen LogP contribution in [0, 0.1) is 0 Å². The number of halogens is 3. The van der Waals surface area contributed by atoms with Gasteiger partial charge in [0.05, 0.1) is 12.2 Å². The molecule has 2 aromatic rings. The molecule has 1 N–H and O–H groups in total. The van der Waals surface area contributed by atoms with Crippen molar-refractivity contribution in [3.8, 4) is 11.1 Å². The molecule has 0 aromatic heterocycles. The molecule has 0 aliphatic heterocycles. The minimum Gasteiger partial charge on any atom is -0.392 e. The Morgan fingerprint density at radius 2 is 1.67 bits per heavy atom. The fourth-order valence-corrected chi connectivity index (χ4v) is 1.80. The molecule has 2 rings (SSSR count). The van der Waals surface area contributed by atoms with Gasteiger partial charge in [-0.25, -0.2) is 0 Å². The monoisotopic (exact) mass is 252 g/mol. The van der Waals surface area contributed by atoms with E-state index in [-0.39, 0.29) is 6.61 Å². The highest BCUT2D eigenvalue weighted by atomic mass is 19.4. The molecule has 2 aromatic carbocycles. The van der Waals surface area contributed by atoms with Crippen molar-refractivity contribution in [2.45, 2.75) is 12.8 Å². The van der Waals surface area contributed by atoms with Crippen LogP contribution < -0.4 is 0 Å². The Kier molecular flexibility index (Phi) is 3.39. The summed E-state index contributed by atoms with van der Waals surface area (Å²) >= 11 is 0. The summed E-state index contributed by atoms with van der Waals surface area (Å²) in [6.45, 7) is -0.202. The first-order valence-corrected chi connectivity index (χ1v) is 5.39. The van der Waals surface area contributed by atoms with Gasteiger partial charge in [0.15, 0.2) is 0 Å². The fraction of sp³-hybridized carbons (Fsp3) is 0.143. The van der Waals surface area contributed by atoms with Gasteiger partial charge in [-0.3, -0.25) is 0 Å². The van der Waals surface area contributed by atoms with E-state index in [4.69, 9.17) is 0 Å². The van der Waals surface area contributed by atoms with Crippen LogP contribution in [0.5, 0.6) is 0 Å². The summed E-state index contributed by atoms with van der Waals surface area (Å²) in [6.07, 6.45) is -4.36. The third-order valence-electron chi connectivity index (χ3n) is 2.69. The summed E-state index contributed by atoms with van der Waals surface area (Å²) in [7, 11) is 0. The molecular formula is C14H11F3O. The molecule has 1 nitrogen and oxygen atoms in total. The van der Waals surface area contributed by atoms with E-state index in [0.29, 0.717) is 16.7 Å². The van der Waals surface area contributed by atoms with Crippen LogP contribution in [0.4, 0.5) is 13.2 Å². The Morgan fingerprint density at radius 3 is 2.33 bits per heavy atom. The molecular weight excluding hydrogens is 241 g/mol. The zero-order chi connectivity index (χ0) is 13.2. The highest BCUT2D eigenvalue weighted by Crippen LogP contribution is 2.33. The second-order valence-electron chi connectivity index (χ2n) is 3.89. The number of benzene rings is 2. The second-order valence-corrected chi connectivity index (χ2v) is 3.89. The molecule has 94 valence electrons. The lowest BCUT2D eigenvalue weighted by Crippen LogP contribution is -2.04. The molecule has 18 heavy (non-hydrogen) atoms. The number of hydrogen-bond donors (Lipinski definition) is 1. The molecule has 0 bridgehead atoms. The van der Waals surface area contributed by atoms with Crippen molar-refractivity contribution in [2.75, 3.05) is 0 Å². The molecule has 0 heterocycles. The van der Waals surface area contributed by atoms with Crippen LogP contribution in [0.1, 0.15) is 11.1 Å². The summed E-state index contributed by atoms with van der Waals surface area (Å²) in [6, 6.07) is 11.9. The van der Waals surface area contributed by atoms with Gasteiger partial charge in [-0.1, -0.05) is 36.4 Å². The highest BCUT2D eigenvalue weighted by Gasteiger charge is 2.30. The Bertz CT molecular complexity index is 547. The molecule has 0 radical (unpaired) electrons. The molecule has 0 unspecified atom stereocenters. The van der Waals surface area contributed by atoms with Crippen molar-refractivity contribution in [3.05, 3.63) is 59.7 Å². The minimum absolute atomic E-state index is 0.202. The van der Waals surface area contributed by atoms with E-state index in [2.05, 4.69) is 0 Å². The molecule has 0 atom stereocenters. The van der Waals surface area contributed by atoms with Crippen LogP contribution in [-0.4, -0.2) is 5.11 Å². The predicted molar refractivity (Wildman–Crippen MR) is 62.8 cm³/mol. The standard InChI is InChI=1S/C14H11F3O/c15-14(16,17)12-6-3-5-10(8-12)13-7-2-1-4-11(13)9-18/h1-8,18H,9H2. The van der Waals surface area contributed by atoms with E-state index < -0.39 is 11.7 Å². The topological polar surface area (TPSA) is 20.2 Å². The lowest BCUT2D eigenvalue weighted by Gasteiger charge is -2.11. The van der Waals surface area contributed by atoms with Gasteiger partial charge in [-0.15, -0.1) is 0 Å². The Morgan fingerprint density at radius 1 is 0.944 bits per heavy atom. The van der Waals surface area contributed by atoms with E-state index in [1.807, 2.05) is 0 Å². The molecule has 0 aliphatic carbocycles. The molecule has 0 spiro atoms. The van der Waals surface area contributed by atoms with Crippen molar-refractivity contribution in [3.63, 3.8) is 0 Å². The lowest BCUT2D eigenvalue weighted by atomic mass is 9.98. The van der Waals surface area contributed by atoms with E-state index >= 15 is 0 Å². The maximum atomic E-state index is 12.6. The van der Waals surface area contributed by atoms with Crippen molar-refractivity contribution in [1.29, 1.82) is 0 Å².